The summed E-state index contributed by atoms with van der Waals surface area (Å²) in [5.41, 5.74) is 0.259. The molecule has 0 fully saturated rings. The second-order valence-corrected chi connectivity index (χ2v) is 3.56. The SMILES string of the molecule is CC[C@@H](CO)NC(=O)c1cc(Cl)ccn1. The summed E-state index contributed by atoms with van der Waals surface area (Å²) in [7, 11) is 0. The van der Waals surface area contributed by atoms with Crippen molar-refractivity contribution >= 4 is 17.5 Å². The summed E-state index contributed by atoms with van der Waals surface area (Å²) in [6.45, 7) is 1.80. The number of carbonyl (C=O) groups is 1. The number of nitrogens with one attached hydrogen (secondary N) is 1. The van der Waals surface area contributed by atoms with Crippen molar-refractivity contribution in [1.29, 1.82) is 0 Å². The van der Waals surface area contributed by atoms with Gasteiger partial charge in [0.2, 0.25) is 0 Å². The zero-order valence-corrected chi connectivity index (χ0v) is 9.16. The highest BCUT2D eigenvalue weighted by molar-refractivity contribution is 6.30. The maximum atomic E-state index is 11.6. The molecule has 82 valence electrons. The monoisotopic (exact) mass is 228 g/mol. The molecule has 0 saturated carbocycles. The molecule has 1 amide bonds. The second kappa shape index (κ2) is 5.68. The number of amides is 1. The molecule has 0 aliphatic carbocycles. The van der Waals surface area contributed by atoms with Crippen LogP contribution >= 0.6 is 11.6 Å². The third kappa shape index (κ3) is 3.49. The van der Waals surface area contributed by atoms with E-state index in [1.807, 2.05) is 6.92 Å². The molecule has 4 nitrogen and oxygen atoms in total. The summed E-state index contributed by atoms with van der Waals surface area (Å²) >= 11 is 5.72. The second-order valence-electron chi connectivity index (χ2n) is 3.12. The van der Waals surface area contributed by atoms with Crippen molar-refractivity contribution < 1.29 is 9.90 Å². The van der Waals surface area contributed by atoms with Gasteiger partial charge in [0.05, 0.1) is 12.6 Å². The lowest BCUT2D eigenvalue weighted by Crippen LogP contribution is -2.37. The van der Waals surface area contributed by atoms with Crippen LogP contribution in [0.1, 0.15) is 23.8 Å². The summed E-state index contributed by atoms with van der Waals surface area (Å²) in [5.74, 6) is -0.321. The molecule has 0 aliphatic rings. The average molecular weight is 229 g/mol. The number of rotatable bonds is 4. The largest absolute Gasteiger partial charge is 0.394 e. The zero-order chi connectivity index (χ0) is 11.3. The van der Waals surface area contributed by atoms with Gasteiger partial charge in [-0.2, -0.15) is 0 Å². The van der Waals surface area contributed by atoms with Gasteiger partial charge >= 0.3 is 0 Å². The number of aromatic nitrogens is 1. The van der Waals surface area contributed by atoms with Gasteiger partial charge in [-0.15, -0.1) is 0 Å². The van der Waals surface area contributed by atoms with Crippen molar-refractivity contribution in [2.75, 3.05) is 6.61 Å². The van der Waals surface area contributed by atoms with Crippen LogP contribution in [0.25, 0.3) is 0 Å². The number of pyridine rings is 1. The van der Waals surface area contributed by atoms with Crippen LogP contribution < -0.4 is 5.32 Å². The third-order valence-electron chi connectivity index (χ3n) is 2.00. The number of aliphatic hydroxyl groups is 1. The molecule has 5 heteroatoms. The van der Waals surface area contributed by atoms with Crippen LogP contribution in [0.3, 0.4) is 0 Å². The first-order valence-corrected chi connectivity index (χ1v) is 5.08. The Morgan fingerprint density at radius 2 is 2.47 bits per heavy atom. The van der Waals surface area contributed by atoms with Crippen molar-refractivity contribution in [3.8, 4) is 0 Å². The number of aliphatic hydroxyl groups excluding tert-OH is 1. The van der Waals surface area contributed by atoms with E-state index in [2.05, 4.69) is 10.3 Å². The van der Waals surface area contributed by atoms with Gasteiger partial charge in [-0.05, 0) is 18.6 Å². The minimum Gasteiger partial charge on any atom is -0.394 e. The molecule has 1 aromatic heterocycles. The molecule has 1 rings (SSSR count). The Hall–Kier alpha value is -1.13. The van der Waals surface area contributed by atoms with E-state index in [0.717, 1.165) is 0 Å². The van der Waals surface area contributed by atoms with Gasteiger partial charge in [-0.3, -0.25) is 9.78 Å². The maximum absolute atomic E-state index is 11.6. The van der Waals surface area contributed by atoms with Crippen LogP contribution in [0.4, 0.5) is 0 Å². The van der Waals surface area contributed by atoms with Crippen molar-refractivity contribution in [2.45, 2.75) is 19.4 Å². The van der Waals surface area contributed by atoms with Gasteiger partial charge in [0.25, 0.3) is 5.91 Å². The highest BCUT2D eigenvalue weighted by Crippen LogP contribution is 2.08. The standard InChI is InChI=1S/C10H13ClN2O2/c1-2-8(6-14)13-10(15)9-5-7(11)3-4-12-9/h3-5,8,14H,2,6H2,1H3,(H,13,15)/t8-/m0/s1. The van der Waals surface area contributed by atoms with Crippen molar-refractivity contribution in [2.24, 2.45) is 0 Å². The molecule has 0 saturated heterocycles. The number of hydrogen-bond donors (Lipinski definition) is 2. The van der Waals surface area contributed by atoms with E-state index < -0.39 is 0 Å². The molecular formula is C10H13ClN2O2. The molecule has 0 bridgehead atoms. The third-order valence-corrected chi connectivity index (χ3v) is 2.24. The van der Waals surface area contributed by atoms with E-state index in [0.29, 0.717) is 11.4 Å². The first-order chi connectivity index (χ1) is 7.17. The van der Waals surface area contributed by atoms with Crippen molar-refractivity contribution in [3.05, 3.63) is 29.0 Å². The first-order valence-electron chi connectivity index (χ1n) is 4.70. The molecule has 0 unspecified atom stereocenters. The van der Waals surface area contributed by atoms with Crippen LogP contribution in [-0.4, -0.2) is 28.6 Å². The fourth-order valence-electron chi connectivity index (χ4n) is 1.07. The Kier molecular flexibility index (Phi) is 4.52. The Morgan fingerprint density at radius 1 is 1.73 bits per heavy atom. The first kappa shape index (κ1) is 11.9. The Labute approximate surface area is 93.3 Å². The van der Waals surface area contributed by atoms with E-state index in [1.54, 1.807) is 6.07 Å². The lowest BCUT2D eigenvalue weighted by Gasteiger charge is -2.13. The molecule has 15 heavy (non-hydrogen) atoms. The van der Waals surface area contributed by atoms with Crippen LogP contribution in [0.2, 0.25) is 5.02 Å². The predicted molar refractivity (Wildman–Crippen MR) is 57.9 cm³/mol. The minimum absolute atomic E-state index is 0.0805. The quantitative estimate of drug-likeness (QED) is 0.815. The fourth-order valence-corrected chi connectivity index (χ4v) is 1.22. The topological polar surface area (TPSA) is 62.2 Å². The zero-order valence-electron chi connectivity index (χ0n) is 8.40. The van der Waals surface area contributed by atoms with Gasteiger partial charge in [-0.1, -0.05) is 18.5 Å². The number of halogens is 1. The Morgan fingerprint density at radius 3 is 3.00 bits per heavy atom. The lowest BCUT2D eigenvalue weighted by atomic mass is 10.2. The summed E-state index contributed by atoms with van der Waals surface area (Å²) in [6, 6.07) is 2.85. The summed E-state index contributed by atoms with van der Waals surface area (Å²) in [4.78, 5) is 15.5. The summed E-state index contributed by atoms with van der Waals surface area (Å²) < 4.78 is 0. The van der Waals surface area contributed by atoms with E-state index in [1.165, 1.54) is 12.3 Å². The molecule has 2 N–H and O–H groups in total. The molecule has 0 aliphatic heterocycles. The van der Waals surface area contributed by atoms with Gasteiger partial charge in [-0.25, -0.2) is 0 Å². The molecule has 1 atom stereocenters. The van der Waals surface area contributed by atoms with Crippen LogP contribution in [0.15, 0.2) is 18.3 Å². The number of nitrogens with zero attached hydrogens (tertiary/aromatic N) is 1. The van der Waals surface area contributed by atoms with E-state index in [4.69, 9.17) is 16.7 Å². The highest BCUT2D eigenvalue weighted by atomic mass is 35.5. The average Bonchev–Trinajstić information content (AvgIpc) is 2.25. The molecule has 1 heterocycles. The number of carbonyl (C=O) groups excluding carboxylic acids is 1. The van der Waals surface area contributed by atoms with E-state index in [-0.39, 0.29) is 24.2 Å². The van der Waals surface area contributed by atoms with Crippen molar-refractivity contribution in [1.82, 2.24) is 10.3 Å². The van der Waals surface area contributed by atoms with Gasteiger partial charge in [0.1, 0.15) is 5.69 Å². The summed E-state index contributed by atoms with van der Waals surface area (Å²) in [6.07, 6.45) is 2.14. The normalized spacial score (nSPS) is 12.2. The minimum atomic E-state index is -0.321. The van der Waals surface area contributed by atoms with Crippen molar-refractivity contribution in [3.63, 3.8) is 0 Å². The smallest absolute Gasteiger partial charge is 0.270 e. The summed E-state index contributed by atoms with van der Waals surface area (Å²) in [5, 5.41) is 12.0. The Bertz CT molecular complexity index is 340. The van der Waals surface area contributed by atoms with E-state index in [9.17, 15) is 4.79 Å². The molecule has 0 spiro atoms. The fraction of sp³-hybridized carbons (Fsp3) is 0.400. The van der Waals surface area contributed by atoms with Gasteiger partial charge < -0.3 is 10.4 Å². The maximum Gasteiger partial charge on any atom is 0.270 e. The molecular weight excluding hydrogens is 216 g/mol. The van der Waals surface area contributed by atoms with Crippen LogP contribution in [0.5, 0.6) is 0 Å². The lowest BCUT2D eigenvalue weighted by molar-refractivity contribution is 0.0910. The molecule has 1 aromatic rings. The molecule has 0 radical (unpaired) electrons. The highest BCUT2D eigenvalue weighted by Gasteiger charge is 2.12. The molecule has 0 aromatic carbocycles. The number of hydrogen-bond acceptors (Lipinski definition) is 3. The van der Waals surface area contributed by atoms with Crippen LogP contribution in [0, 0.1) is 0 Å². The van der Waals surface area contributed by atoms with E-state index >= 15 is 0 Å². The Balaban J connectivity index is 2.68. The van der Waals surface area contributed by atoms with Gasteiger partial charge in [0, 0.05) is 11.2 Å². The van der Waals surface area contributed by atoms with Gasteiger partial charge in [0.15, 0.2) is 0 Å². The van der Waals surface area contributed by atoms with Crippen LogP contribution in [-0.2, 0) is 0 Å². The predicted octanol–water partition coefficient (Wildman–Crippen LogP) is 1.24.